The zero-order chi connectivity index (χ0) is 16.9. The molecule has 7 heteroatoms. The average molecular weight is 369 g/mol. The van der Waals surface area contributed by atoms with Gasteiger partial charge in [0.15, 0.2) is 5.82 Å². The van der Waals surface area contributed by atoms with E-state index in [1.54, 1.807) is 0 Å². The smallest absolute Gasteiger partial charge is 0.246 e. The standard InChI is InChI=1S/C18H28N4O2.ClH/c1-10(2)15(19)16(23)20-9-14-21-17(22-24-14)18-6-11-3-12(7-18)5-13(4-11)8-18;/h10-13,15H,3-9,19H2,1-2H3,(H,20,23);1H/t11?,12?,13?,15-,18?;/m0./s1. The van der Waals surface area contributed by atoms with E-state index in [0.717, 1.165) is 23.6 Å². The average Bonchev–Trinajstić information content (AvgIpc) is 3.00. The fraction of sp³-hybridized carbons (Fsp3) is 0.833. The second-order valence-corrected chi connectivity index (χ2v) is 8.70. The molecule has 6 nitrogen and oxygen atoms in total. The third kappa shape index (κ3) is 3.43. The van der Waals surface area contributed by atoms with E-state index in [-0.39, 0.29) is 36.2 Å². The van der Waals surface area contributed by atoms with E-state index in [1.807, 2.05) is 13.8 Å². The fourth-order valence-electron chi connectivity index (χ4n) is 5.51. The molecule has 4 aliphatic rings. The van der Waals surface area contributed by atoms with Gasteiger partial charge >= 0.3 is 0 Å². The van der Waals surface area contributed by atoms with E-state index in [0.29, 0.717) is 5.89 Å². The zero-order valence-corrected chi connectivity index (χ0v) is 15.8. The van der Waals surface area contributed by atoms with Crippen LogP contribution >= 0.6 is 12.4 Å². The Hall–Kier alpha value is -1.14. The molecule has 0 saturated heterocycles. The van der Waals surface area contributed by atoms with Crippen LogP contribution in [-0.2, 0) is 16.8 Å². The number of hydrogen-bond donors (Lipinski definition) is 2. The fourth-order valence-corrected chi connectivity index (χ4v) is 5.51. The van der Waals surface area contributed by atoms with Crippen LogP contribution in [0.25, 0.3) is 0 Å². The lowest BCUT2D eigenvalue weighted by molar-refractivity contribution is -0.123. The predicted octanol–water partition coefficient (Wildman–Crippen LogP) is 2.56. The maximum Gasteiger partial charge on any atom is 0.246 e. The maximum absolute atomic E-state index is 12.0. The molecule has 5 rings (SSSR count). The van der Waals surface area contributed by atoms with Gasteiger partial charge in [0.2, 0.25) is 11.8 Å². The Labute approximate surface area is 155 Å². The molecule has 25 heavy (non-hydrogen) atoms. The molecule has 0 unspecified atom stereocenters. The van der Waals surface area contributed by atoms with Gasteiger partial charge < -0.3 is 15.6 Å². The third-order valence-electron chi connectivity index (χ3n) is 6.42. The number of aromatic nitrogens is 2. The highest BCUT2D eigenvalue weighted by molar-refractivity contribution is 5.85. The second-order valence-electron chi connectivity index (χ2n) is 8.70. The van der Waals surface area contributed by atoms with Crippen LogP contribution < -0.4 is 11.1 Å². The van der Waals surface area contributed by atoms with Crippen LogP contribution in [0.5, 0.6) is 0 Å². The monoisotopic (exact) mass is 368 g/mol. The van der Waals surface area contributed by atoms with Crippen molar-refractivity contribution >= 4 is 18.3 Å². The van der Waals surface area contributed by atoms with E-state index in [4.69, 9.17) is 10.3 Å². The Kier molecular flexibility index (Phi) is 5.13. The SMILES string of the molecule is CC(C)[C@H](N)C(=O)NCc1nc(C23CC4CC(CC(C4)C2)C3)no1.Cl. The van der Waals surface area contributed by atoms with Crippen molar-refractivity contribution in [2.45, 2.75) is 70.4 Å². The summed E-state index contributed by atoms with van der Waals surface area (Å²) in [4.78, 5) is 16.6. The van der Waals surface area contributed by atoms with Gasteiger partial charge in [0.05, 0.1) is 12.6 Å². The number of rotatable bonds is 5. The van der Waals surface area contributed by atoms with Gasteiger partial charge in [0.25, 0.3) is 0 Å². The van der Waals surface area contributed by atoms with Gasteiger partial charge in [-0.15, -0.1) is 12.4 Å². The molecule has 0 aromatic carbocycles. The summed E-state index contributed by atoms with van der Waals surface area (Å²) in [6, 6.07) is -0.504. The van der Waals surface area contributed by atoms with Gasteiger partial charge in [0, 0.05) is 5.41 Å². The maximum atomic E-state index is 12.0. The molecule has 0 radical (unpaired) electrons. The Morgan fingerprint density at radius 2 is 1.80 bits per heavy atom. The molecule has 4 saturated carbocycles. The molecule has 4 bridgehead atoms. The summed E-state index contributed by atoms with van der Waals surface area (Å²) in [5.41, 5.74) is 5.99. The first kappa shape index (κ1) is 18.6. The van der Waals surface area contributed by atoms with Gasteiger partial charge in [-0.25, -0.2) is 0 Å². The van der Waals surface area contributed by atoms with Crippen LogP contribution in [0.4, 0.5) is 0 Å². The molecular weight excluding hydrogens is 340 g/mol. The molecule has 140 valence electrons. The highest BCUT2D eigenvalue weighted by atomic mass is 35.5. The zero-order valence-electron chi connectivity index (χ0n) is 15.0. The van der Waals surface area contributed by atoms with Crippen molar-refractivity contribution in [1.29, 1.82) is 0 Å². The number of halogens is 1. The number of nitrogens with one attached hydrogen (secondary N) is 1. The van der Waals surface area contributed by atoms with E-state index in [9.17, 15) is 4.79 Å². The molecule has 1 amide bonds. The quantitative estimate of drug-likeness (QED) is 0.832. The molecule has 4 fully saturated rings. The molecular formula is C18H29ClN4O2. The molecule has 0 spiro atoms. The van der Waals surface area contributed by atoms with Crippen molar-refractivity contribution in [2.75, 3.05) is 0 Å². The van der Waals surface area contributed by atoms with Crippen LogP contribution in [0, 0.1) is 23.7 Å². The minimum Gasteiger partial charge on any atom is -0.346 e. The molecule has 1 heterocycles. The van der Waals surface area contributed by atoms with Gasteiger partial charge in [-0.1, -0.05) is 19.0 Å². The van der Waals surface area contributed by atoms with Crippen molar-refractivity contribution in [3.8, 4) is 0 Å². The number of hydrogen-bond acceptors (Lipinski definition) is 5. The van der Waals surface area contributed by atoms with E-state index in [2.05, 4.69) is 15.5 Å². The van der Waals surface area contributed by atoms with Crippen molar-refractivity contribution in [2.24, 2.45) is 29.4 Å². The molecule has 4 aliphatic carbocycles. The number of nitrogens with zero attached hydrogens (tertiary/aromatic N) is 2. The summed E-state index contributed by atoms with van der Waals surface area (Å²) in [5, 5.41) is 7.10. The van der Waals surface area contributed by atoms with Crippen LogP contribution in [0.2, 0.25) is 0 Å². The van der Waals surface area contributed by atoms with Crippen LogP contribution in [0.1, 0.15) is 64.1 Å². The van der Waals surface area contributed by atoms with Gasteiger partial charge in [-0.2, -0.15) is 4.98 Å². The first-order chi connectivity index (χ1) is 11.4. The predicted molar refractivity (Wildman–Crippen MR) is 96.1 cm³/mol. The van der Waals surface area contributed by atoms with E-state index >= 15 is 0 Å². The minimum atomic E-state index is -0.504. The van der Waals surface area contributed by atoms with E-state index < -0.39 is 6.04 Å². The molecule has 1 aromatic heterocycles. The van der Waals surface area contributed by atoms with Crippen molar-refractivity contribution in [3.63, 3.8) is 0 Å². The highest BCUT2D eigenvalue weighted by Crippen LogP contribution is 2.60. The number of amides is 1. The first-order valence-corrected chi connectivity index (χ1v) is 9.31. The molecule has 3 N–H and O–H groups in total. The normalized spacial score (nSPS) is 34.0. The summed E-state index contributed by atoms with van der Waals surface area (Å²) in [5.74, 6) is 3.85. The number of carbonyl (C=O) groups excluding carboxylic acids is 1. The van der Waals surface area contributed by atoms with E-state index in [1.165, 1.54) is 38.5 Å². The molecule has 0 aliphatic heterocycles. The van der Waals surface area contributed by atoms with Gasteiger partial charge in [0.1, 0.15) is 0 Å². The minimum absolute atomic E-state index is 0. The second kappa shape index (κ2) is 6.88. The number of nitrogens with two attached hydrogens (primary N) is 1. The van der Waals surface area contributed by atoms with Crippen LogP contribution in [-0.4, -0.2) is 22.1 Å². The van der Waals surface area contributed by atoms with Crippen molar-refractivity contribution < 1.29 is 9.32 Å². The third-order valence-corrected chi connectivity index (χ3v) is 6.42. The van der Waals surface area contributed by atoms with Gasteiger partial charge in [-0.05, 0) is 62.2 Å². The number of carbonyl (C=O) groups is 1. The molecule has 1 aromatic rings. The summed E-state index contributed by atoms with van der Waals surface area (Å²) < 4.78 is 5.43. The van der Waals surface area contributed by atoms with Gasteiger partial charge in [-0.3, -0.25) is 4.79 Å². The lowest BCUT2D eigenvalue weighted by Gasteiger charge is -2.55. The van der Waals surface area contributed by atoms with Crippen LogP contribution in [0.3, 0.4) is 0 Å². The first-order valence-electron chi connectivity index (χ1n) is 9.31. The summed E-state index contributed by atoms with van der Waals surface area (Å²) in [6.07, 6.45) is 7.82. The topological polar surface area (TPSA) is 94.0 Å². The summed E-state index contributed by atoms with van der Waals surface area (Å²) in [6.45, 7) is 4.13. The lowest BCUT2D eigenvalue weighted by Crippen LogP contribution is -2.49. The Balaban J connectivity index is 0.00000182. The Bertz CT molecular complexity index is 595. The Morgan fingerprint density at radius 3 is 2.32 bits per heavy atom. The molecule has 1 atom stereocenters. The summed E-state index contributed by atoms with van der Waals surface area (Å²) >= 11 is 0. The Morgan fingerprint density at radius 1 is 1.24 bits per heavy atom. The largest absolute Gasteiger partial charge is 0.346 e. The summed E-state index contributed by atoms with van der Waals surface area (Å²) in [7, 11) is 0. The lowest BCUT2D eigenvalue weighted by atomic mass is 9.49. The van der Waals surface area contributed by atoms with Crippen molar-refractivity contribution in [1.82, 2.24) is 15.5 Å². The van der Waals surface area contributed by atoms with Crippen molar-refractivity contribution in [3.05, 3.63) is 11.7 Å². The highest BCUT2D eigenvalue weighted by Gasteiger charge is 2.53. The van der Waals surface area contributed by atoms with Crippen LogP contribution in [0.15, 0.2) is 4.52 Å².